The maximum atomic E-state index is 12.4. The molecule has 1 fully saturated rings. The number of carboxylic acids is 1. The summed E-state index contributed by atoms with van der Waals surface area (Å²) in [6.45, 7) is 1.31. The van der Waals surface area contributed by atoms with Crippen molar-refractivity contribution in [1.29, 1.82) is 0 Å². The summed E-state index contributed by atoms with van der Waals surface area (Å²) in [5.41, 5.74) is 1.30. The molecule has 7 heteroatoms. The molecule has 0 spiro atoms. The zero-order valence-corrected chi connectivity index (χ0v) is 14.4. The van der Waals surface area contributed by atoms with Crippen LogP contribution in [0.4, 0.5) is 0 Å². The third-order valence-corrected chi connectivity index (χ3v) is 4.74. The SMILES string of the molecule is O=C(O)c1cnc(C(=O)N2CCC(c3ccc(Br)cc3)CC2)cn1. The molecule has 2 aromatic rings. The number of halogens is 1. The van der Waals surface area contributed by atoms with E-state index in [1.54, 1.807) is 4.90 Å². The van der Waals surface area contributed by atoms with E-state index in [-0.39, 0.29) is 17.3 Å². The van der Waals surface area contributed by atoms with Gasteiger partial charge in [-0.3, -0.25) is 4.79 Å². The van der Waals surface area contributed by atoms with E-state index < -0.39 is 5.97 Å². The Balaban J connectivity index is 1.62. The molecular weight excluding hydrogens is 374 g/mol. The molecule has 1 aliphatic heterocycles. The largest absolute Gasteiger partial charge is 0.476 e. The molecule has 1 aromatic carbocycles. The van der Waals surface area contributed by atoms with Crippen LogP contribution in [0.5, 0.6) is 0 Å². The molecular formula is C17H16BrN3O3. The summed E-state index contributed by atoms with van der Waals surface area (Å²) in [5.74, 6) is -0.909. The summed E-state index contributed by atoms with van der Waals surface area (Å²) < 4.78 is 1.06. The number of piperidine rings is 1. The molecule has 124 valence electrons. The highest BCUT2D eigenvalue weighted by atomic mass is 79.9. The van der Waals surface area contributed by atoms with Gasteiger partial charge in [-0.15, -0.1) is 0 Å². The predicted octanol–water partition coefficient (Wildman–Crippen LogP) is 2.96. The van der Waals surface area contributed by atoms with Crippen LogP contribution < -0.4 is 0 Å². The molecule has 1 N–H and O–H groups in total. The van der Waals surface area contributed by atoms with Crippen molar-refractivity contribution in [3.8, 4) is 0 Å². The predicted molar refractivity (Wildman–Crippen MR) is 91.0 cm³/mol. The molecule has 0 atom stereocenters. The van der Waals surface area contributed by atoms with Crippen molar-refractivity contribution in [2.24, 2.45) is 0 Å². The standard InChI is InChI=1S/C17H16BrN3O3/c18-13-3-1-11(2-4-13)12-5-7-21(8-6-12)16(22)14-9-20-15(10-19-14)17(23)24/h1-4,9-10,12H,5-8H2,(H,23,24). The van der Waals surface area contributed by atoms with Crippen molar-refractivity contribution >= 4 is 27.8 Å². The number of amides is 1. The lowest BCUT2D eigenvalue weighted by molar-refractivity contribution is 0.0679. The van der Waals surface area contributed by atoms with Gasteiger partial charge < -0.3 is 10.0 Å². The van der Waals surface area contributed by atoms with Gasteiger partial charge in [-0.1, -0.05) is 28.1 Å². The minimum Gasteiger partial charge on any atom is -0.476 e. The Kier molecular flexibility index (Phi) is 4.89. The molecule has 1 aromatic heterocycles. The normalized spacial score (nSPS) is 15.3. The monoisotopic (exact) mass is 389 g/mol. The number of aromatic carboxylic acids is 1. The number of rotatable bonds is 3. The van der Waals surface area contributed by atoms with Crippen LogP contribution in [-0.2, 0) is 0 Å². The fourth-order valence-corrected chi connectivity index (χ4v) is 3.13. The first kappa shape index (κ1) is 16.6. The summed E-state index contributed by atoms with van der Waals surface area (Å²) in [6, 6.07) is 8.30. The van der Waals surface area contributed by atoms with Gasteiger partial charge >= 0.3 is 5.97 Å². The first-order valence-electron chi connectivity index (χ1n) is 7.64. The number of hydrogen-bond acceptors (Lipinski definition) is 4. The second-order valence-corrected chi connectivity index (χ2v) is 6.63. The third kappa shape index (κ3) is 3.62. The van der Waals surface area contributed by atoms with Crippen LogP contribution in [0, 0.1) is 0 Å². The fourth-order valence-electron chi connectivity index (χ4n) is 2.86. The van der Waals surface area contributed by atoms with Crippen LogP contribution in [0.2, 0.25) is 0 Å². The first-order chi connectivity index (χ1) is 11.5. The lowest BCUT2D eigenvalue weighted by Gasteiger charge is -2.32. The number of carboxylic acid groups (broad SMARTS) is 1. The Morgan fingerprint density at radius 3 is 2.17 bits per heavy atom. The lowest BCUT2D eigenvalue weighted by Crippen LogP contribution is -2.38. The topological polar surface area (TPSA) is 83.4 Å². The average Bonchev–Trinajstić information content (AvgIpc) is 2.62. The third-order valence-electron chi connectivity index (χ3n) is 4.21. The zero-order valence-electron chi connectivity index (χ0n) is 12.9. The van der Waals surface area contributed by atoms with Gasteiger partial charge in [-0.2, -0.15) is 0 Å². The van der Waals surface area contributed by atoms with Crippen LogP contribution in [0.25, 0.3) is 0 Å². The van der Waals surface area contributed by atoms with Gasteiger partial charge in [0.05, 0.1) is 12.4 Å². The number of nitrogens with zero attached hydrogens (tertiary/aromatic N) is 3. The highest BCUT2D eigenvalue weighted by Gasteiger charge is 2.25. The van der Waals surface area contributed by atoms with Crippen molar-refractivity contribution in [2.45, 2.75) is 18.8 Å². The minimum atomic E-state index is -1.16. The van der Waals surface area contributed by atoms with Gasteiger partial charge in [0.25, 0.3) is 5.91 Å². The Morgan fingerprint density at radius 1 is 1.04 bits per heavy atom. The molecule has 1 amide bonds. The number of aromatic nitrogens is 2. The van der Waals surface area contributed by atoms with Crippen LogP contribution in [0.15, 0.2) is 41.1 Å². The average molecular weight is 390 g/mol. The molecule has 24 heavy (non-hydrogen) atoms. The summed E-state index contributed by atoms with van der Waals surface area (Å²) in [6.07, 6.45) is 4.14. The smallest absolute Gasteiger partial charge is 0.356 e. The highest BCUT2D eigenvalue weighted by molar-refractivity contribution is 9.10. The maximum Gasteiger partial charge on any atom is 0.356 e. The lowest BCUT2D eigenvalue weighted by atomic mass is 9.89. The molecule has 0 radical (unpaired) electrons. The Labute approximate surface area is 147 Å². The molecule has 0 bridgehead atoms. The maximum absolute atomic E-state index is 12.4. The molecule has 6 nitrogen and oxygen atoms in total. The van der Waals surface area contributed by atoms with Crippen molar-refractivity contribution in [3.63, 3.8) is 0 Å². The van der Waals surface area contributed by atoms with E-state index in [4.69, 9.17) is 5.11 Å². The van der Waals surface area contributed by atoms with Gasteiger partial charge in [0.1, 0.15) is 5.69 Å². The number of carbonyl (C=O) groups excluding carboxylic acids is 1. The van der Waals surface area contributed by atoms with Gasteiger partial charge in [0, 0.05) is 17.6 Å². The van der Waals surface area contributed by atoms with Crippen LogP contribution in [0.3, 0.4) is 0 Å². The molecule has 1 aliphatic rings. The van der Waals surface area contributed by atoms with E-state index in [0.29, 0.717) is 19.0 Å². The molecule has 2 heterocycles. The van der Waals surface area contributed by atoms with Crippen LogP contribution in [0.1, 0.15) is 45.3 Å². The minimum absolute atomic E-state index is 0.166. The van der Waals surface area contributed by atoms with Crippen LogP contribution >= 0.6 is 15.9 Å². The summed E-state index contributed by atoms with van der Waals surface area (Å²) in [4.78, 5) is 32.6. The van der Waals surface area contributed by atoms with E-state index in [9.17, 15) is 9.59 Å². The molecule has 0 saturated carbocycles. The Hall–Kier alpha value is -2.28. The zero-order chi connectivity index (χ0) is 17.1. The van der Waals surface area contributed by atoms with E-state index >= 15 is 0 Å². The van der Waals surface area contributed by atoms with Gasteiger partial charge in [0.2, 0.25) is 0 Å². The Bertz CT molecular complexity index is 739. The van der Waals surface area contributed by atoms with E-state index in [1.807, 2.05) is 12.1 Å². The first-order valence-corrected chi connectivity index (χ1v) is 8.44. The molecule has 0 aliphatic carbocycles. The van der Waals surface area contributed by atoms with Gasteiger partial charge in [-0.05, 0) is 36.5 Å². The summed E-state index contributed by atoms with van der Waals surface area (Å²) >= 11 is 3.44. The van der Waals surface area contributed by atoms with Crippen molar-refractivity contribution in [2.75, 3.05) is 13.1 Å². The van der Waals surface area contributed by atoms with Gasteiger partial charge in [-0.25, -0.2) is 14.8 Å². The summed E-state index contributed by atoms with van der Waals surface area (Å²) in [5, 5.41) is 8.82. The molecule has 1 saturated heterocycles. The fraction of sp³-hybridized carbons (Fsp3) is 0.294. The van der Waals surface area contributed by atoms with Crippen LogP contribution in [-0.4, -0.2) is 44.9 Å². The molecule has 0 unspecified atom stereocenters. The van der Waals surface area contributed by atoms with E-state index in [0.717, 1.165) is 23.5 Å². The second kappa shape index (κ2) is 7.09. The quantitative estimate of drug-likeness (QED) is 0.871. The van der Waals surface area contributed by atoms with Crippen molar-refractivity contribution < 1.29 is 14.7 Å². The van der Waals surface area contributed by atoms with E-state index in [2.05, 4.69) is 38.0 Å². The number of hydrogen-bond donors (Lipinski definition) is 1. The second-order valence-electron chi connectivity index (χ2n) is 5.71. The van der Waals surface area contributed by atoms with E-state index in [1.165, 1.54) is 11.8 Å². The number of likely N-dealkylation sites (tertiary alicyclic amines) is 1. The van der Waals surface area contributed by atoms with Crippen molar-refractivity contribution in [1.82, 2.24) is 14.9 Å². The van der Waals surface area contributed by atoms with Gasteiger partial charge in [0.15, 0.2) is 5.69 Å². The number of carbonyl (C=O) groups is 2. The van der Waals surface area contributed by atoms with Crippen molar-refractivity contribution in [3.05, 3.63) is 58.1 Å². The molecule has 3 rings (SSSR count). The summed E-state index contributed by atoms with van der Waals surface area (Å²) in [7, 11) is 0. The number of benzene rings is 1. The highest BCUT2D eigenvalue weighted by Crippen LogP contribution is 2.29. The Morgan fingerprint density at radius 2 is 1.62 bits per heavy atom.